The number of benzene rings is 2. The van der Waals surface area contributed by atoms with Gasteiger partial charge >= 0.3 is 5.91 Å². The van der Waals surface area contributed by atoms with Gasteiger partial charge in [0.15, 0.2) is 5.76 Å². The molecule has 7 nitrogen and oxygen atoms in total. The Morgan fingerprint density at radius 3 is 2.43 bits per heavy atom. The maximum atomic E-state index is 12.6. The second kappa shape index (κ2) is 8.46. The lowest BCUT2D eigenvalue weighted by molar-refractivity contribution is 0.0824. The monoisotopic (exact) mass is 467 g/mol. The number of amides is 2. The van der Waals surface area contributed by atoms with Crippen LogP contribution in [0.25, 0.3) is 10.9 Å². The summed E-state index contributed by atoms with van der Waals surface area (Å²) in [7, 11) is 1.79. The van der Waals surface area contributed by atoms with Crippen LogP contribution in [0.15, 0.2) is 75.6 Å². The summed E-state index contributed by atoms with van der Waals surface area (Å²) in [6, 6.07) is 20.1. The van der Waals surface area contributed by atoms with Gasteiger partial charge in [-0.2, -0.15) is 0 Å². The van der Waals surface area contributed by atoms with Crippen molar-refractivity contribution in [3.05, 3.63) is 88.4 Å². The molecule has 0 aliphatic carbocycles. The second-order valence-electron chi connectivity index (χ2n) is 6.51. The molecule has 0 saturated heterocycles. The van der Waals surface area contributed by atoms with Crippen molar-refractivity contribution in [1.82, 2.24) is 15.4 Å². The molecule has 0 spiro atoms. The van der Waals surface area contributed by atoms with E-state index in [1.54, 1.807) is 17.7 Å². The number of furan rings is 1. The average Bonchev–Trinajstić information content (AvgIpc) is 3.35. The molecule has 0 saturated carbocycles. The van der Waals surface area contributed by atoms with Crippen LogP contribution in [0.1, 0.15) is 26.8 Å². The molecule has 0 aliphatic heterocycles. The van der Waals surface area contributed by atoms with E-state index in [0.29, 0.717) is 21.7 Å². The van der Waals surface area contributed by atoms with Crippen LogP contribution in [0.5, 0.6) is 5.75 Å². The van der Waals surface area contributed by atoms with E-state index in [1.165, 1.54) is 6.07 Å². The first-order chi connectivity index (χ1) is 14.5. The van der Waals surface area contributed by atoms with Gasteiger partial charge in [-0.25, -0.2) is 0 Å². The summed E-state index contributed by atoms with van der Waals surface area (Å²) in [5.41, 5.74) is 6.10. The molecule has 4 aromatic rings. The number of hydrazine groups is 1. The van der Waals surface area contributed by atoms with Gasteiger partial charge < -0.3 is 13.7 Å². The van der Waals surface area contributed by atoms with Crippen LogP contribution in [-0.2, 0) is 13.7 Å². The van der Waals surface area contributed by atoms with Crippen molar-refractivity contribution in [1.29, 1.82) is 0 Å². The zero-order valence-electron chi connectivity index (χ0n) is 16.0. The van der Waals surface area contributed by atoms with Gasteiger partial charge in [0, 0.05) is 18.0 Å². The number of hydrogen-bond donors (Lipinski definition) is 2. The summed E-state index contributed by atoms with van der Waals surface area (Å²) in [5, 5.41) is 0.908. The largest absolute Gasteiger partial charge is 0.486 e. The quantitative estimate of drug-likeness (QED) is 0.431. The molecule has 0 radical (unpaired) electrons. The number of para-hydroxylation sites is 2. The van der Waals surface area contributed by atoms with Crippen LogP contribution in [0.2, 0.25) is 0 Å². The van der Waals surface area contributed by atoms with Crippen molar-refractivity contribution < 1.29 is 18.7 Å². The van der Waals surface area contributed by atoms with E-state index in [1.807, 2.05) is 54.6 Å². The Balaban J connectivity index is 1.38. The van der Waals surface area contributed by atoms with Crippen LogP contribution in [-0.4, -0.2) is 16.4 Å². The lowest BCUT2D eigenvalue weighted by Crippen LogP contribution is -2.42. The Morgan fingerprint density at radius 2 is 1.67 bits per heavy atom. The predicted molar refractivity (Wildman–Crippen MR) is 115 cm³/mol. The summed E-state index contributed by atoms with van der Waals surface area (Å²) in [4.78, 5) is 25.0. The third-order valence-corrected chi connectivity index (χ3v) is 5.36. The highest BCUT2D eigenvalue weighted by Crippen LogP contribution is 2.30. The molecule has 0 bridgehead atoms. The molecule has 2 amide bonds. The fourth-order valence-electron chi connectivity index (χ4n) is 3.08. The van der Waals surface area contributed by atoms with Gasteiger partial charge in [0.05, 0.1) is 4.47 Å². The lowest BCUT2D eigenvalue weighted by Gasteiger charge is -2.08. The zero-order chi connectivity index (χ0) is 21.1. The van der Waals surface area contributed by atoms with Gasteiger partial charge in [-0.3, -0.25) is 20.4 Å². The summed E-state index contributed by atoms with van der Waals surface area (Å²) in [5.74, 6) is 0.245. The summed E-state index contributed by atoms with van der Waals surface area (Å²) in [6.07, 6.45) is 0. The maximum Gasteiger partial charge on any atom is 0.305 e. The lowest BCUT2D eigenvalue weighted by atomic mass is 10.2. The normalized spacial score (nSPS) is 10.7. The molecule has 2 N–H and O–H groups in total. The minimum atomic E-state index is -0.566. The Morgan fingerprint density at radius 1 is 0.967 bits per heavy atom. The van der Waals surface area contributed by atoms with Crippen molar-refractivity contribution in [2.24, 2.45) is 7.05 Å². The van der Waals surface area contributed by atoms with E-state index < -0.39 is 11.8 Å². The van der Waals surface area contributed by atoms with E-state index in [0.717, 1.165) is 10.9 Å². The minimum absolute atomic E-state index is 0.0677. The Bertz CT molecular complexity index is 1170. The highest BCUT2D eigenvalue weighted by molar-refractivity contribution is 9.10. The highest BCUT2D eigenvalue weighted by atomic mass is 79.9. The van der Waals surface area contributed by atoms with Crippen LogP contribution in [0, 0.1) is 0 Å². The number of nitrogens with zero attached hydrogens (tertiary/aromatic N) is 1. The number of ether oxygens (including phenoxy) is 1. The summed E-state index contributed by atoms with van der Waals surface area (Å²) >= 11 is 3.47. The Hall–Kier alpha value is -3.52. The van der Waals surface area contributed by atoms with Gasteiger partial charge in [-0.1, -0.05) is 36.4 Å². The van der Waals surface area contributed by atoms with Crippen LogP contribution in [0.4, 0.5) is 0 Å². The van der Waals surface area contributed by atoms with E-state index in [9.17, 15) is 9.59 Å². The van der Waals surface area contributed by atoms with Crippen LogP contribution in [0.3, 0.4) is 0 Å². The number of aryl methyl sites for hydroxylation is 1. The number of carbonyl (C=O) groups is 2. The van der Waals surface area contributed by atoms with Crippen molar-refractivity contribution >= 4 is 38.6 Å². The summed E-state index contributed by atoms with van der Waals surface area (Å²) < 4.78 is 13.5. The molecule has 8 heteroatoms. The van der Waals surface area contributed by atoms with E-state index in [-0.39, 0.29) is 12.4 Å². The molecule has 2 aromatic carbocycles. The van der Waals surface area contributed by atoms with Crippen LogP contribution < -0.4 is 15.6 Å². The molecule has 0 atom stereocenters. The van der Waals surface area contributed by atoms with Gasteiger partial charge in [0.25, 0.3) is 5.91 Å². The Kier molecular flexibility index (Phi) is 5.58. The fourth-order valence-corrected chi connectivity index (χ4v) is 3.86. The molecule has 2 heterocycles. The molecular weight excluding hydrogens is 450 g/mol. The van der Waals surface area contributed by atoms with Crippen molar-refractivity contribution in [3.63, 3.8) is 0 Å². The fraction of sp³-hybridized carbons (Fsp3) is 0.0909. The van der Waals surface area contributed by atoms with E-state index in [2.05, 4.69) is 26.8 Å². The molecule has 152 valence electrons. The molecular formula is C22H18BrN3O4. The molecule has 4 rings (SSSR count). The highest BCUT2D eigenvalue weighted by Gasteiger charge is 2.20. The smallest absolute Gasteiger partial charge is 0.305 e. The first kappa shape index (κ1) is 19.8. The number of carbonyl (C=O) groups excluding carboxylic acids is 2. The first-order valence-corrected chi connectivity index (χ1v) is 9.94. The summed E-state index contributed by atoms with van der Waals surface area (Å²) in [6.45, 7) is 0.187. The number of nitrogens with one attached hydrogen (secondary N) is 2. The molecule has 0 aliphatic rings. The average molecular weight is 468 g/mol. The van der Waals surface area contributed by atoms with Crippen LogP contribution >= 0.6 is 15.9 Å². The standard InChI is InChI=1S/C22H18BrN3O4/c1-26-17-10-6-5-9-16(17)19(23)20(26)22(28)25-24-21(27)18-12-11-15(30-18)13-29-14-7-3-2-4-8-14/h2-12H,13H2,1H3,(H,24,27)(H,25,28). The number of fused-ring (bicyclic) bond motifs is 1. The number of aromatic nitrogens is 1. The molecule has 0 unspecified atom stereocenters. The van der Waals surface area contributed by atoms with Gasteiger partial charge in [-0.15, -0.1) is 0 Å². The zero-order valence-corrected chi connectivity index (χ0v) is 17.6. The minimum Gasteiger partial charge on any atom is -0.486 e. The van der Waals surface area contributed by atoms with E-state index in [4.69, 9.17) is 9.15 Å². The van der Waals surface area contributed by atoms with E-state index >= 15 is 0 Å². The third-order valence-electron chi connectivity index (χ3n) is 4.56. The maximum absolute atomic E-state index is 12.6. The number of halogens is 1. The molecule has 2 aromatic heterocycles. The van der Waals surface area contributed by atoms with Gasteiger partial charge in [0.2, 0.25) is 0 Å². The molecule has 30 heavy (non-hydrogen) atoms. The van der Waals surface area contributed by atoms with Gasteiger partial charge in [0.1, 0.15) is 23.8 Å². The molecule has 0 fully saturated rings. The number of rotatable bonds is 5. The van der Waals surface area contributed by atoms with Gasteiger partial charge in [-0.05, 0) is 46.3 Å². The second-order valence-corrected chi connectivity index (χ2v) is 7.31. The van der Waals surface area contributed by atoms with Crippen molar-refractivity contribution in [2.45, 2.75) is 6.61 Å². The predicted octanol–water partition coefficient (Wildman–Crippen LogP) is 4.19. The topological polar surface area (TPSA) is 85.5 Å². The first-order valence-electron chi connectivity index (χ1n) is 9.14. The van der Waals surface area contributed by atoms with Crippen molar-refractivity contribution in [3.8, 4) is 5.75 Å². The SMILES string of the molecule is Cn1c(C(=O)NNC(=O)c2ccc(COc3ccccc3)o2)c(Br)c2ccccc21. The van der Waals surface area contributed by atoms with Crippen molar-refractivity contribution in [2.75, 3.05) is 0 Å². The Labute approximate surface area is 180 Å². The third kappa shape index (κ3) is 3.95. The number of hydrogen-bond acceptors (Lipinski definition) is 4.